The number of pyridine rings is 1. The highest BCUT2D eigenvalue weighted by molar-refractivity contribution is 6.36. The fourth-order valence-electron chi connectivity index (χ4n) is 1.74. The van der Waals surface area contributed by atoms with E-state index < -0.39 is 0 Å². The predicted octanol–water partition coefficient (Wildman–Crippen LogP) is 3.64. The first kappa shape index (κ1) is 13.8. The zero-order chi connectivity index (χ0) is 14.0. The number of carbonyl (C=O) groups excluding carboxylic acids is 1. The second kappa shape index (κ2) is 5.59. The Morgan fingerprint density at radius 2 is 2.00 bits per heavy atom. The van der Waals surface area contributed by atoms with E-state index >= 15 is 0 Å². The van der Waals surface area contributed by atoms with Crippen LogP contribution in [0.4, 0.5) is 0 Å². The van der Waals surface area contributed by atoms with Crippen LogP contribution in [0.15, 0.2) is 30.5 Å². The summed E-state index contributed by atoms with van der Waals surface area (Å²) in [4.78, 5) is 17.4. The van der Waals surface area contributed by atoms with E-state index in [2.05, 4.69) is 4.98 Å². The number of aldehydes is 1. The molecule has 19 heavy (non-hydrogen) atoms. The molecule has 0 amide bonds. The maximum atomic E-state index is 11.2. The van der Waals surface area contributed by atoms with Gasteiger partial charge in [0.2, 0.25) is 0 Å². The van der Waals surface area contributed by atoms with E-state index in [1.54, 1.807) is 29.3 Å². The molecule has 1 aromatic carbocycles. The van der Waals surface area contributed by atoms with Gasteiger partial charge in [0.15, 0.2) is 6.29 Å². The average molecular weight is 295 g/mol. The number of benzene rings is 1. The lowest BCUT2D eigenvalue weighted by atomic mass is 10.1. The third kappa shape index (κ3) is 3.06. The molecule has 0 saturated heterocycles. The summed E-state index contributed by atoms with van der Waals surface area (Å²) in [5, 5.41) is 1.94. The van der Waals surface area contributed by atoms with Crippen LogP contribution in [0.25, 0.3) is 16.5 Å². The lowest BCUT2D eigenvalue weighted by Crippen LogP contribution is -2.04. The van der Waals surface area contributed by atoms with Gasteiger partial charge in [-0.15, -0.1) is 0 Å². The second-order valence-electron chi connectivity index (χ2n) is 4.32. The molecular formula is C14H12Cl2N2O. The van der Waals surface area contributed by atoms with Crippen molar-refractivity contribution in [2.75, 3.05) is 14.1 Å². The highest BCUT2D eigenvalue weighted by Gasteiger charge is 2.08. The standard InChI is InChI=1S/C14H12Cl2N2O/c1-18(2)7-9(8-19)13-6-12(16)11-4-3-10(15)5-14(11)17-13/h3-8H,1-2H3/b9-7-. The Balaban J connectivity index is 2.65. The Hall–Kier alpha value is -1.58. The third-order valence-electron chi connectivity index (χ3n) is 2.54. The van der Waals surface area contributed by atoms with Crippen LogP contribution in [-0.2, 0) is 4.79 Å². The number of aromatic nitrogens is 1. The van der Waals surface area contributed by atoms with E-state index in [4.69, 9.17) is 23.2 Å². The lowest BCUT2D eigenvalue weighted by Gasteiger charge is -2.09. The zero-order valence-corrected chi connectivity index (χ0v) is 12.0. The Kier molecular flexibility index (Phi) is 4.08. The number of halogens is 2. The maximum absolute atomic E-state index is 11.2. The van der Waals surface area contributed by atoms with E-state index in [0.29, 0.717) is 26.8 Å². The van der Waals surface area contributed by atoms with E-state index in [-0.39, 0.29) is 0 Å². The minimum atomic E-state index is 0.466. The van der Waals surface area contributed by atoms with Crippen LogP contribution in [0, 0.1) is 0 Å². The van der Waals surface area contributed by atoms with Crippen LogP contribution < -0.4 is 0 Å². The first-order valence-corrected chi connectivity index (χ1v) is 6.36. The molecule has 0 N–H and O–H groups in total. The Morgan fingerprint density at radius 3 is 2.63 bits per heavy atom. The van der Waals surface area contributed by atoms with Gasteiger partial charge in [-0.3, -0.25) is 4.79 Å². The van der Waals surface area contributed by atoms with Crippen LogP contribution in [-0.4, -0.2) is 30.3 Å². The van der Waals surface area contributed by atoms with Gasteiger partial charge >= 0.3 is 0 Å². The minimum absolute atomic E-state index is 0.466. The number of rotatable bonds is 3. The molecule has 0 aliphatic carbocycles. The molecule has 2 aromatic rings. The molecule has 0 saturated carbocycles. The van der Waals surface area contributed by atoms with Crippen LogP contribution in [0.3, 0.4) is 0 Å². The average Bonchev–Trinajstić information content (AvgIpc) is 2.34. The molecule has 0 radical (unpaired) electrons. The molecule has 2 rings (SSSR count). The molecule has 1 aromatic heterocycles. The van der Waals surface area contributed by atoms with E-state index in [1.807, 2.05) is 20.2 Å². The molecule has 98 valence electrons. The summed E-state index contributed by atoms with van der Waals surface area (Å²) >= 11 is 12.2. The topological polar surface area (TPSA) is 33.2 Å². The number of hydrogen-bond acceptors (Lipinski definition) is 3. The molecule has 0 bridgehead atoms. The SMILES string of the molecule is CN(C)/C=C(/C=O)c1cc(Cl)c2ccc(Cl)cc2n1. The number of nitrogens with zero attached hydrogens (tertiary/aromatic N) is 2. The van der Waals surface area contributed by atoms with Crippen molar-refractivity contribution in [1.82, 2.24) is 9.88 Å². The van der Waals surface area contributed by atoms with Crippen molar-refractivity contribution in [3.8, 4) is 0 Å². The first-order chi connectivity index (χ1) is 9.01. The van der Waals surface area contributed by atoms with Gasteiger partial charge in [0.1, 0.15) is 0 Å². The number of carbonyl (C=O) groups is 1. The largest absolute Gasteiger partial charge is 0.383 e. The lowest BCUT2D eigenvalue weighted by molar-refractivity contribution is -0.103. The highest BCUT2D eigenvalue weighted by Crippen LogP contribution is 2.27. The van der Waals surface area contributed by atoms with Gasteiger partial charge in [-0.2, -0.15) is 0 Å². The van der Waals surface area contributed by atoms with E-state index in [0.717, 1.165) is 11.7 Å². The summed E-state index contributed by atoms with van der Waals surface area (Å²) in [6.45, 7) is 0. The number of allylic oxidation sites excluding steroid dienone is 1. The fourth-order valence-corrected chi connectivity index (χ4v) is 2.17. The normalized spacial score (nSPS) is 11.7. The van der Waals surface area contributed by atoms with Gasteiger partial charge in [-0.05, 0) is 24.3 Å². The van der Waals surface area contributed by atoms with Crippen molar-refractivity contribution in [3.05, 3.63) is 46.2 Å². The molecule has 0 fully saturated rings. The first-order valence-electron chi connectivity index (χ1n) is 5.61. The van der Waals surface area contributed by atoms with Crippen LogP contribution >= 0.6 is 23.2 Å². The fraction of sp³-hybridized carbons (Fsp3) is 0.143. The number of hydrogen-bond donors (Lipinski definition) is 0. The summed E-state index contributed by atoms with van der Waals surface area (Å²) in [6, 6.07) is 6.98. The van der Waals surface area contributed by atoms with Crippen molar-refractivity contribution in [1.29, 1.82) is 0 Å². The molecule has 0 aliphatic rings. The zero-order valence-electron chi connectivity index (χ0n) is 10.5. The minimum Gasteiger partial charge on any atom is -0.383 e. The third-order valence-corrected chi connectivity index (χ3v) is 3.09. The van der Waals surface area contributed by atoms with Gasteiger partial charge in [-0.25, -0.2) is 4.98 Å². The van der Waals surface area contributed by atoms with Gasteiger partial charge in [0.05, 0.1) is 21.8 Å². The molecule has 0 unspecified atom stereocenters. The Bertz CT molecular complexity index is 666. The van der Waals surface area contributed by atoms with Crippen molar-refractivity contribution in [2.24, 2.45) is 0 Å². The van der Waals surface area contributed by atoms with Gasteiger partial charge < -0.3 is 4.90 Å². The van der Waals surface area contributed by atoms with E-state index in [9.17, 15) is 4.79 Å². The molecule has 1 heterocycles. The molecule has 0 spiro atoms. The molecule has 0 atom stereocenters. The van der Waals surface area contributed by atoms with Crippen LogP contribution in [0.2, 0.25) is 10.0 Å². The molecule has 3 nitrogen and oxygen atoms in total. The Morgan fingerprint density at radius 1 is 1.26 bits per heavy atom. The highest BCUT2D eigenvalue weighted by atomic mass is 35.5. The van der Waals surface area contributed by atoms with Crippen molar-refractivity contribution in [3.63, 3.8) is 0 Å². The summed E-state index contributed by atoms with van der Waals surface area (Å²) in [7, 11) is 3.67. The van der Waals surface area contributed by atoms with E-state index in [1.165, 1.54) is 0 Å². The van der Waals surface area contributed by atoms with Crippen molar-refractivity contribution < 1.29 is 4.79 Å². The van der Waals surface area contributed by atoms with Gasteiger partial charge in [0.25, 0.3) is 0 Å². The maximum Gasteiger partial charge on any atom is 0.153 e. The summed E-state index contributed by atoms with van der Waals surface area (Å²) in [6.07, 6.45) is 2.46. The number of fused-ring (bicyclic) bond motifs is 1. The van der Waals surface area contributed by atoms with Gasteiger partial charge in [-0.1, -0.05) is 23.2 Å². The summed E-state index contributed by atoms with van der Waals surface area (Å²) in [5.74, 6) is 0. The Labute approximate surface area is 121 Å². The quantitative estimate of drug-likeness (QED) is 0.640. The second-order valence-corrected chi connectivity index (χ2v) is 5.16. The summed E-state index contributed by atoms with van der Waals surface area (Å²) < 4.78 is 0. The molecule has 5 heteroatoms. The predicted molar refractivity (Wildman–Crippen MR) is 79.5 cm³/mol. The van der Waals surface area contributed by atoms with Gasteiger partial charge in [0, 0.05) is 30.7 Å². The van der Waals surface area contributed by atoms with Crippen LogP contribution in [0.5, 0.6) is 0 Å². The smallest absolute Gasteiger partial charge is 0.153 e. The summed E-state index contributed by atoms with van der Waals surface area (Å²) in [5.41, 5.74) is 1.67. The monoisotopic (exact) mass is 294 g/mol. The molecular weight excluding hydrogens is 283 g/mol. The van der Waals surface area contributed by atoms with Crippen molar-refractivity contribution in [2.45, 2.75) is 0 Å². The van der Waals surface area contributed by atoms with Crippen molar-refractivity contribution >= 4 is 46.0 Å². The molecule has 0 aliphatic heterocycles. The van der Waals surface area contributed by atoms with Crippen LogP contribution in [0.1, 0.15) is 5.69 Å².